The first kappa shape index (κ1) is 32.4. The normalized spacial score (nSPS) is 19.2. The molecule has 6 rings (SSSR count). The van der Waals surface area contributed by atoms with E-state index in [9.17, 15) is 18.7 Å². The van der Waals surface area contributed by atoms with E-state index in [2.05, 4.69) is 39.9 Å². The summed E-state index contributed by atoms with van der Waals surface area (Å²) >= 11 is 5.87. The maximum atomic E-state index is 14.5. The lowest BCUT2D eigenvalue weighted by atomic mass is 9.83. The molecule has 244 valence electrons. The Bertz CT molecular complexity index is 1600. The van der Waals surface area contributed by atoms with Crippen LogP contribution in [0, 0.1) is 18.6 Å². The minimum Gasteiger partial charge on any atom is -0.489 e. The molecule has 2 aromatic carbocycles. The number of aliphatic hydroxyl groups excluding tert-OH is 1. The van der Waals surface area contributed by atoms with Crippen LogP contribution in [0.1, 0.15) is 47.9 Å². The number of halogens is 3. The summed E-state index contributed by atoms with van der Waals surface area (Å²) in [5.41, 5.74) is 5.85. The number of aryl methyl sites for hydroxylation is 1. The number of hydrogen-bond donors (Lipinski definition) is 3. The van der Waals surface area contributed by atoms with Crippen molar-refractivity contribution in [2.45, 2.75) is 63.7 Å². The lowest BCUT2D eigenvalue weighted by molar-refractivity contribution is -0.128. The molecule has 1 aliphatic carbocycles. The van der Waals surface area contributed by atoms with Gasteiger partial charge in [0.1, 0.15) is 17.4 Å². The zero-order valence-electron chi connectivity index (χ0n) is 25.8. The first-order chi connectivity index (χ1) is 22.3. The monoisotopic (exact) mass is 652 g/mol. The zero-order valence-corrected chi connectivity index (χ0v) is 26.6. The molecule has 2 bridgehead atoms. The summed E-state index contributed by atoms with van der Waals surface area (Å²) < 4.78 is 38.8. The number of aromatic nitrogens is 1. The van der Waals surface area contributed by atoms with Gasteiger partial charge in [-0.05, 0) is 79.5 Å². The van der Waals surface area contributed by atoms with Gasteiger partial charge in [0.25, 0.3) is 5.91 Å². The fourth-order valence-electron chi connectivity index (χ4n) is 6.31. The number of aliphatic hydroxyl groups is 1. The molecule has 2 fully saturated rings. The largest absolute Gasteiger partial charge is 0.489 e. The van der Waals surface area contributed by atoms with Gasteiger partial charge in [-0.3, -0.25) is 4.79 Å². The lowest BCUT2D eigenvalue weighted by Gasteiger charge is -2.41. The number of ether oxygens (including phenoxy) is 2. The Morgan fingerprint density at radius 2 is 1.85 bits per heavy atom. The number of fused-ring (bicyclic) bond motifs is 2. The van der Waals surface area contributed by atoms with Crippen LogP contribution in [0.5, 0.6) is 11.6 Å². The third kappa shape index (κ3) is 7.20. The SMILES string of the molecule is Cc1c(CN(C(=O)C2=C(c3ccc(CCCOc4c(F)ccc(F)c4Cl)cc3)CC3CNCC2N3)C2CC2)ccnc1OCCO. The maximum absolute atomic E-state index is 14.5. The number of pyridine rings is 1. The van der Waals surface area contributed by atoms with Crippen LogP contribution in [-0.2, 0) is 17.8 Å². The van der Waals surface area contributed by atoms with Gasteiger partial charge >= 0.3 is 0 Å². The van der Waals surface area contributed by atoms with Crippen LogP contribution >= 0.6 is 11.6 Å². The molecule has 3 aliphatic rings. The van der Waals surface area contributed by atoms with Crippen molar-refractivity contribution in [1.29, 1.82) is 0 Å². The number of nitrogens with one attached hydrogen (secondary N) is 2. The van der Waals surface area contributed by atoms with Crippen molar-refractivity contribution in [2.24, 2.45) is 0 Å². The summed E-state index contributed by atoms with van der Waals surface area (Å²) in [6, 6.07) is 12.5. The van der Waals surface area contributed by atoms with Crippen LogP contribution in [-0.4, -0.2) is 71.9 Å². The molecule has 0 spiro atoms. The minimum absolute atomic E-state index is 0.0515. The summed E-state index contributed by atoms with van der Waals surface area (Å²) in [7, 11) is 0. The Labute approximate surface area is 272 Å². The van der Waals surface area contributed by atoms with Crippen molar-refractivity contribution in [3.8, 4) is 11.6 Å². The highest BCUT2D eigenvalue weighted by Crippen LogP contribution is 2.37. The van der Waals surface area contributed by atoms with E-state index in [4.69, 9.17) is 21.1 Å². The molecule has 1 amide bonds. The number of nitrogens with zero attached hydrogens (tertiary/aromatic N) is 2. The quantitative estimate of drug-likeness (QED) is 0.177. The Balaban J connectivity index is 1.20. The fourth-order valence-corrected chi connectivity index (χ4v) is 6.52. The van der Waals surface area contributed by atoms with E-state index >= 15 is 0 Å². The van der Waals surface area contributed by atoms with E-state index < -0.39 is 11.6 Å². The first-order valence-corrected chi connectivity index (χ1v) is 16.3. The molecule has 1 saturated carbocycles. The standard InChI is InChI=1S/C35H39ClF2N4O4/c1-21-24(12-13-40-34(21)46-16-14-43)20-42(26-8-9-26)35(44)31-27(17-25-18-39-19-30(31)41-25)23-6-4-22(5-7-23)3-2-15-45-33-29(38)11-10-28(37)32(33)36/h4-7,10-13,25-26,30,39,41,43H,2-3,8-9,14-20H2,1H3. The Kier molecular flexibility index (Phi) is 10.2. The van der Waals surface area contributed by atoms with Crippen LogP contribution in [0.2, 0.25) is 5.02 Å². The zero-order chi connectivity index (χ0) is 32.2. The second-order valence-electron chi connectivity index (χ2n) is 12.1. The van der Waals surface area contributed by atoms with Crippen LogP contribution < -0.4 is 20.1 Å². The molecular formula is C35H39ClF2N4O4. The smallest absolute Gasteiger partial charge is 0.252 e. The topological polar surface area (TPSA) is 96.0 Å². The van der Waals surface area contributed by atoms with Crippen LogP contribution in [0.4, 0.5) is 8.78 Å². The van der Waals surface area contributed by atoms with Gasteiger partial charge in [0.2, 0.25) is 5.88 Å². The fraction of sp³-hybridized carbons (Fsp3) is 0.429. The first-order valence-electron chi connectivity index (χ1n) is 15.9. The summed E-state index contributed by atoms with van der Waals surface area (Å²) in [4.78, 5) is 20.8. The van der Waals surface area contributed by atoms with E-state index in [1.807, 2.05) is 17.9 Å². The Morgan fingerprint density at radius 1 is 1.07 bits per heavy atom. The lowest BCUT2D eigenvalue weighted by Crippen LogP contribution is -2.60. The summed E-state index contributed by atoms with van der Waals surface area (Å²) in [6.07, 6.45) is 5.65. The molecule has 2 unspecified atom stereocenters. The number of benzene rings is 2. The van der Waals surface area contributed by atoms with Crippen LogP contribution in [0.25, 0.3) is 5.57 Å². The molecule has 3 heterocycles. The predicted octanol–water partition coefficient (Wildman–Crippen LogP) is 4.98. The molecule has 1 aromatic heterocycles. The molecule has 2 atom stereocenters. The number of rotatable bonds is 13. The van der Waals surface area contributed by atoms with Crippen molar-refractivity contribution in [1.82, 2.24) is 20.5 Å². The molecule has 3 N–H and O–H groups in total. The minimum atomic E-state index is -0.718. The van der Waals surface area contributed by atoms with Crippen molar-refractivity contribution in [3.63, 3.8) is 0 Å². The van der Waals surface area contributed by atoms with Crippen LogP contribution in [0.3, 0.4) is 0 Å². The Morgan fingerprint density at radius 3 is 2.61 bits per heavy atom. The number of carbonyl (C=O) groups excluding carboxylic acids is 1. The molecule has 8 nitrogen and oxygen atoms in total. The molecule has 3 aromatic rings. The second-order valence-corrected chi connectivity index (χ2v) is 12.5. The molecule has 2 aliphatic heterocycles. The van der Waals surface area contributed by atoms with Gasteiger partial charge in [0.05, 0.1) is 19.3 Å². The number of carbonyl (C=O) groups is 1. The Hall–Kier alpha value is -3.57. The molecule has 11 heteroatoms. The van der Waals surface area contributed by atoms with Gasteiger partial charge in [0, 0.05) is 49.1 Å². The van der Waals surface area contributed by atoms with Gasteiger partial charge in [-0.25, -0.2) is 13.8 Å². The van der Waals surface area contributed by atoms with Gasteiger partial charge < -0.3 is 30.1 Å². The van der Waals surface area contributed by atoms with Gasteiger partial charge in [-0.2, -0.15) is 0 Å². The van der Waals surface area contributed by atoms with E-state index in [1.54, 1.807) is 6.20 Å². The third-order valence-corrected chi connectivity index (χ3v) is 9.23. The van der Waals surface area contributed by atoms with E-state index in [-0.39, 0.29) is 54.6 Å². The highest BCUT2D eigenvalue weighted by Gasteiger charge is 2.41. The molecule has 46 heavy (non-hydrogen) atoms. The molecule has 1 saturated heterocycles. The van der Waals surface area contributed by atoms with Gasteiger partial charge in [0.15, 0.2) is 11.6 Å². The van der Waals surface area contributed by atoms with E-state index in [0.29, 0.717) is 31.8 Å². The maximum Gasteiger partial charge on any atom is 0.252 e. The van der Waals surface area contributed by atoms with Crippen molar-refractivity contribution in [2.75, 3.05) is 32.9 Å². The number of piperazine rings is 1. The summed E-state index contributed by atoms with van der Waals surface area (Å²) in [6.45, 7) is 4.18. The molecular weight excluding hydrogens is 614 g/mol. The number of hydrogen-bond acceptors (Lipinski definition) is 7. The predicted molar refractivity (Wildman–Crippen MR) is 172 cm³/mol. The highest BCUT2D eigenvalue weighted by molar-refractivity contribution is 6.32. The third-order valence-electron chi connectivity index (χ3n) is 8.88. The van der Waals surface area contributed by atoms with Crippen molar-refractivity contribution in [3.05, 3.63) is 93.1 Å². The van der Waals surface area contributed by atoms with Gasteiger partial charge in [-0.1, -0.05) is 35.9 Å². The average Bonchev–Trinajstić information content (AvgIpc) is 3.91. The second kappa shape index (κ2) is 14.5. The summed E-state index contributed by atoms with van der Waals surface area (Å²) in [5.74, 6) is -1.14. The number of amides is 1. The molecule has 0 radical (unpaired) electrons. The summed E-state index contributed by atoms with van der Waals surface area (Å²) in [5, 5.41) is 16.0. The van der Waals surface area contributed by atoms with Crippen LogP contribution in [0.15, 0.2) is 54.2 Å². The van der Waals surface area contributed by atoms with E-state index in [1.165, 1.54) is 0 Å². The van der Waals surface area contributed by atoms with Gasteiger partial charge in [-0.15, -0.1) is 0 Å². The highest BCUT2D eigenvalue weighted by atomic mass is 35.5. The van der Waals surface area contributed by atoms with Crippen molar-refractivity contribution >= 4 is 23.1 Å². The van der Waals surface area contributed by atoms with E-state index in [0.717, 1.165) is 71.3 Å². The van der Waals surface area contributed by atoms with Crippen molar-refractivity contribution < 1.29 is 28.2 Å². The average molecular weight is 653 g/mol.